The quantitative estimate of drug-likeness (QED) is 0.793. The fraction of sp³-hybridized carbons (Fsp3) is 0.385. The van der Waals surface area contributed by atoms with E-state index >= 15 is 0 Å². The second kappa shape index (κ2) is 5.26. The lowest BCUT2D eigenvalue weighted by atomic mass is 9.97. The lowest BCUT2D eigenvalue weighted by Crippen LogP contribution is -2.17. The molecule has 1 unspecified atom stereocenters. The summed E-state index contributed by atoms with van der Waals surface area (Å²) in [7, 11) is 0. The molecule has 0 radical (unpaired) electrons. The van der Waals surface area contributed by atoms with E-state index in [1.807, 2.05) is 12.1 Å². The molecule has 0 aromatic carbocycles. The van der Waals surface area contributed by atoms with E-state index in [0.717, 1.165) is 21.4 Å². The summed E-state index contributed by atoms with van der Waals surface area (Å²) in [5, 5.41) is 14.0. The summed E-state index contributed by atoms with van der Waals surface area (Å²) in [6.07, 6.45) is 3.50. The monoisotopic (exact) mass is 288 g/mol. The lowest BCUT2D eigenvalue weighted by molar-refractivity contribution is 0.499. The molecule has 0 saturated heterocycles. The molecule has 0 fully saturated rings. The third-order valence-corrected chi connectivity index (χ3v) is 4.33. The van der Waals surface area contributed by atoms with Crippen LogP contribution in [-0.2, 0) is 0 Å². The van der Waals surface area contributed by atoms with Gasteiger partial charge in [0.05, 0.1) is 0 Å². The maximum atomic E-state index is 5.86. The summed E-state index contributed by atoms with van der Waals surface area (Å²) < 4.78 is 1.78. The summed E-state index contributed by atoms with van der Waals surface area (Å²) >= 11 is 1.55. The van der Waals surface area contributed by atoms with Crippen molar-refractivity contribution >= 4 is 16.3 Å². The first kappa shape index (κ1) is 13.1. The van der Waals surface area contributed by atoms with E-state index < -0.39 is 0 Å². The van der Waals surface area contributed by atoms with Crippen LogP contribution < -0.4 is 5.73 Å². The maximum absolute atomic E-state index is 5.86. The number of hydrogen-bond acceptors (Lipinski definition) is 6. The molecule has 104 valence electrons. The van der Waals surface area contributed by atoms with Gasteiger partial charge in [-0.05, 0) is 18.1 Å². The second-order valence-corrected chi connectivity index (χ2v) is 5.97. The molecule has 6 nitrogen and oxygen atoms in total. The van der Waals surface area contributed by atoms with Crippen molar-refractivity contribution in [2.75, 3.05) is 6.54 Å². The van der Waals surface area contributed by atoms with Gasteiger partial charge in [-0.3, -0.25) is 4.98 Å². The molecule has 0 aliphatic heterocycles. The van der Waals surface area contributed by atoms with E-state index in [1.54, 1.807) is 28.2 Å². The van der Waals surface area contributed by atoms with Crippen molar-refractivity contribution in [1.82, 2.24) is 24.8 Å². The van der Waals surface area contributed by atoms with Crippen LogP contribution in [0.25, 0.3) is 16.3 Å². The van der Waals surface area contributed by atoms with Crippen molar-refractivity contribution in [3.63, 3.8) is 0 Å². The van der Waals surface area contributed by atoms with Crippen LogP contribution >= 0.6 is 11.3 Å². The Morgan fingerprint density at radius 3 is 2.85 bits per heavy atom. The van der Waals surface area contributed by atoms with Crippen LogP contribution in [0.3, 0.4) is 0 Å². The standard InChI is InChI=1S/C13H16N6S/c1-8(2)10(6-14)12-18-19-11(16-17-13(19)20-12)9-4-3-5-15-7-9/h3-5,7-8,10H,6,14H2,1-2H3. The van der Waals surface area contributed by atoms with Crippen LogP contribution in [0, 0.1) is 5.92 Å². The van der Waals surface area contributed by atoms with Gasteiger partial charge in [-0.1, -0.05) is 25.2 Å². The van der Waals surface area contributed by atoms with Gasteiger partial charge < -0.3 is 5.73 Å². The molecule has 3 aromatic rings. The number of nitrogens with zero attached hydrogens (tertiary/aromatic N) is 5. The minimum atomic E-state index is 0.253. The van der Waals surface area contributed by atoms with Crippen molar-refractivity contribution in [3.8, 4) is 11.4 Å². The average Bonchev–Trinajstić information content (AvgIpc) is 3.00. The zero-order valence-electron chi connectivity index (χ0n) is 11.4. The molecular formula is C13H16N6S. The Morgan fingerprint density at radius 2 is 2.20 bits per heavy atom. The Labute approximate surface area is 120 Å². The normalized spacial score (nSPS) is 13.2. The van der Waals surface area contributed by atoms with Crippen LogP contribution in [0.4, 0.5) is 0 Å². The minimum Gasteiger partial charge on any atom is -0.330 e. The SMILES string of the molecule is CC(C)C(CN)c1nn2c(-c3cccnc3)nnc2s1. The van der Waals surface area contributed by atoms with Crippen LogP contribution in [-0.4, -0.2) is 31.3 Å². The molecule has 0 aliphatic carbocycles. The van der Waals surface area contributed by atoms with E-state index in [2.05, 4.69) is 34.1 Å². The number of nitrogens with two attached hydrogens (primary N) is 1. The Morgan fingerprint density at radius 1 is 1.35 bits per heavy atom. The van der Waals surface area contributed by atoms with Crippen molar-refractivity contribution < 1.29 is 0 Å². The van der Waals surface area contributed by atoms with Gasteiger partial charge in [0.15, 0.2) is 5.82 Å². The number of hydrogen-bond donors (Lipinski definition) is 1. The zero-order valence-corrected chi connectivity index (χ0v) is 12.2. The molecule has 3 rings (SSSR count). The number of fused-ring (bicyclic) bond motifs is 1. The summed E-state index contributed by atoms with van der Waals surface area (Å²) in [6, 6.07) is 3.83. The van der Waals surface area contributed by atoms with Crippen molar-refractivity contribution in [1.29, 1.82) is 0 Å². The first-order valence-corrected chi connectivity index (χ1v) is 7.35. The Kier molecular flexibility index (Phi) is 3.45. The summed E-state index contributed by atoms with van der Waals surface area (Å²) in [5.74, 6) is 1.42. The molecule has 3 heterocycles. The predicted molar refractivity (Wildman–Crippen MR) is 78.5 cm³/mol. The molecule has 0 bridgehead atoms. The van der Waals surface area contributed by atoms with Gasteiger partial charge in [0.1, 0.15) is 5.01 Å². The third kappa shape index (κ3) is 2.19. The van der Waals surface area contributed by atoms with Crippen molar-refractivity contribution in [2.45, 2.75) is 19.8 Å². The van der Waals surface area contributed by atoms with Crippen LogP contribution in [0.1, 0.15) is 24.8 Å². The Hall–Kier alpha value is -1.86. The molecule has 1 atom stereocenters. The van der Waals surface area contributed by atoms with E-state index in [1.165, 1.54) is 0 Å². The fourth-order valence-electron chi connectivity index (χ4n) is 2.11. The molecule has 7 heteroatoms. The van der Waals surface area contributed by atoms with E-state index in [-0.39, 0.29) is 5.92 Å². The smallest absolute Gasteiger partial charge is 0.234 e. The molecule has 3 aromatic heterocycles. The number of aromatic nitrogens is 5. The first-order chi connectivity index (χ1) is 9.70. The topological polar surface area (TPSA) is 82.0 Å². The van der Waals surface area contributed by atoms with Gasteiger partial charge in [-0.15, -0.1) is 10.2 Å². The van der Waals surface area contributed by atoms with E-state index in [4.69, 9.17) is 5.73 Å². The van der Waals surface area contributed by atoms with Gasteiger partial charge in [-0.2, -0.15) is 9.61 Å². The summed E-state index contributed by atoms with van der Waals surface area (Å²) in [5.41, 5.74) is 6.76. The van der Waals surface area contributed by atoms with Crippen LogP contribution in [0.15, 0.2) is 24.5 Å². The van der Waals surface area contributed by atoms with Crippen LogP contribution in [0.5, 0.6) is 0 Å². The average molecular weight is 288 g/mol. The lowest BCUT2D eigenvalue weighted by Gasteiger charge is -2.14. The Bertz CT molecular complexity index is 702. The highest BCUT2D eigenvalue weighted by molar-refractivity contribution is 7.16. The van der Waals surface area contributed by atoms with Crippen molar-refractivity contribution in [3.05, 3.63) is 29.5 Å². The molecule has 0 aliphatic rings. The molecular weight excluding hydrogens is 272 g/mol. The van der Waals surface area contributed by atoms with Gasteiger partial charge >= 0.3 is 0 Å². The summed E-state index contributed by atoms with van der Waals surface area (Å²) in [6.45, 7) is 4.90. The largest absolute Gasteiger partial charge is 0.330 e. The van der Waals surface area contributed by atoms with Gasteiger partial charge in [0, 0.05) is 30.4 Å². The molecule has 20 heavy (non-hydrogen) atoms. The molecule has 0 spiro atoms. The Balaban J connectivity index is 2.07. The molecule has 2 N–H and O–H groups in total. The highest BCUT2D eigenvalue weighted by Gasteiger charge is 2.21. The van der Waals surface area contributed by atoms with Gasteiger partial charge in [-0.25, -0.2) is 0 Å². The number of rotatable bonds is 4. The van der Waals surface area contributed by atoms with E-state index in [0.29, 0.717) is 12.5 Å². The fourth-order valence-corrected chi connectivity index (χ4v) is 3.24. The van der Waals surface area contributed by atoms with Crippen LogP contribution in [0.2, 0.25) is 0 Å². The maximum Gasteiger partial charge on any atom is 0.234 e. The molecule has 0 saturated carbocycles. The first-order valence-electron chi connectivity index (χ1n) is 6.53. The van der Waals surface area contributed by atoms with Crippen molar-refractivity contribution in [2.24, 2.45) is 11.7 Å². The highest BCUT2D eigenvalue weighted by atomic mass is 32.1. The second-order valence-electron chi connectivity index (χ2n) is 4.99. The number of pyridine rings is 1. The molecule has 0 amide bonds. The predicted octanol–water partition coefficient (Wildman–Crippen LogP) is 1.95. The zero-order chi connectivity index (χ0) is 14.1. The highest BCUT2D eigenvalue weighted by Crippen LogP contribution is 2.29. The van der Waals surface area contributed by atoms with Gasteiger partial charge in [0.2, 0.25) is 4.96 Å². The van der Waals surface area contributed by atoms with Gasteiger partial charge in [0.25, 0.3) is 0 Å². The van der Waals surface area contributed by atoms with E-state index in [9.17, 15) is 0 Å². The minimum absolute atomic E-state index is 0.253. The third-order valence-electron chi connectivity index (χ3n) is 3.30. The summed E-state index contributed by atoms with van der Waals surface area (Å²) in [4.78, 5) is 4.90.